The number of rotatable bonds is 5. The van der Waals surface area contributed by atoms with Crippen LogP contribution in [0.5, 0.6) is 0 Å². The highest BCUT2D eigenvalue weighted by molar-refractivity contribution is 8.00. The normalized spacial score (nSPS) is 12.0. The van der Waals surface area contributed by atoms with Crippen LogP contribution in [-0.2, 0) is 9.53 Å². The molecule has 0 saturated carbocycles. The first-order valence-corrected chi connectivity index (χ1v) is 5.43. The van der Waals surface area contributed by atoms with Crippen molar-refractivity contribution in [1.82, 2.24) is 0 Å². The number of carbonyl (C=O) groups is 1. The van der Waals surface area contributed by atoms with Gasteiger partial charge in [-0.3, -0.25) is 4.79 Å². The molecule has 0 spiro atoms. The minimum atomic E-state index is -0.128. The van der Waals surface area contributed by atoms with Gasteiger partial charge >= 0.3 is 5.97 Å². The monoisotopic (exact) mass is 202 g/mol. The highest BCUT2D eigenvalue weighted by Crippen LogP contribution is 2.15. The first kappa shape index (κ1) is 12.6. The lowest BCUT2D eigenvalue weighted by molar-refractivity contribution is -0.140. The third-order valence-corrected chi connectivity index (χ3v) is 2.65. The average Bonchev–Trinajstić information content (AvgIpc) is 2.03. The van der Waals surface area contributed by atoms with E-state index in [1.165, 1.54) is 12.7 Å². The van der Waals surface area contributed by atoms with Gasteiger partial charge in [-0.05, 0) is 13.8 Å². The molecule has 0 aromatic rings. The predicted octanol–water partition coefficient (Wildman–Crippen LogP) is 2.64. The largest absolute Gasteiger partial charge is 0.469 e. The van der Waals surface area contributed by atoms with Gasteiger partial charge in [-0.15, -0.1) is 0 Å². The van der Waals surface area contributed by atoms with Crippen LogP contribution >= 0.6 is 11.8 Å². The molecule has 0 fully saturated rings. The molecule has 0 radical (unpaired) electrons. The number of thioether (sulfide) groups is 1. The molecule has 0 aromatic heterocycles. The SMILES string of the molecule is COC(=O)CC(C)SCC=C(C)C. The molecule has 2 nitrogen and oxygen atoms in total. The van der Waals surface area contributed by atoms with Crippen LogP contribution in [0.1, 0.15) is 27.2 Å². The van der Waals surface area contributed by atoms with E-state index in [1.54, 1.807) is 11.8 Å². The van der Waals surface area contributed by atoms with Crippen LogP contribution in [0.2, 0.25) is 0 Å². The number of ether oxygens (including phenoxy) is 1. The van der Waals surface area contributed by atoms with Crippen molar-refractivity contribution >= 4 is 17.7 Å². The first-order valence-electron chi connectivity index (χ1n) is 4.38. The molecule has 3 heteroatoms. The van der Waals surface area contributed by atoms with Crippen LogP contribution in [0, 0.1) is 0 Å². The van der Waals surface area contributed by atoms with E-state index in [2.05, 4.69) is 24.7 Å². The van der Waals surface area contributed by atoms with Crippen molar-refractivity contribution in [1.29, 1.82) is 0 Å². The second-order valence-corrected chi connectivity index (χ2v) is 4.68. The van der Waals surface area contributed by atoms with Crippen molar-refractivity contribution in [2.45, 2.75) is 32.4 Å². The summed E-state index contributed by atoms with van der Waals surface area (Å²) >= 11 is 1.77. The van der Waals surface area contributed by atoms with Crippen molar-refractivity contribution in [2.75, 3.05) is 12.9 Å². The van der Waals surface area contributed by atoms with E-state index in [0.717, 1.165) is 5.75 Å². The minimum absolute atomic E-state index is 0.128. The van der Waals surface area contributed by atoms with Gasteiger partial charge in [0.2, 0.25) is 0 Å². The Balaban J connectivity index is 3.57. The first-order chi connectivity index (χ1) is 6.06. The molecular formula is C10H18O2S. The van der Waals surface area contributed by atoms with Gasteiger partial charge in [-0.25, -0.2) is 0 Å². The highest BCUT2D eigenvalue weighted by Gasteiger charge is 2.07. The van der Waals surface area contributed by atoms with Crippen LogP contribution in [0.25, 0.3) is 0 Å². The Labute approximate surface area is 84.7 Å². The van der Waals surface area contributed by atoms with E-state index in [1.807, 2.05) is 6.92 Å². The summed E-state index contributed by atoms with van der Waals surface area (Å²) < 4.78 is 4.58. The van der Waals surface area contributed by atoms with E-state index < -0.39 is 0 Å². The zero-order chi connectivity index (χ0) is 10.3. The molecular weight excluding hydrogens is 184 g/mol. The Morgan fingerprint density at radius 2 is 2.15 bits per heavy atom. The fraction of sp³-hybridized carbons (Fsp3) is 0.700. The van der Waals surface area contributed by atoms with E-state index >= 15 is 0 Å². The molecule has 0 aliphatic rings. The van der Waals surface area contributed by atoms with Crippen molar-refractivity contribution in [3.8, 4) is 0 Å². The Morgan fingerprint density at radius 3 is 2.62 bits per heavy atom. The molecule has 0 aliphatic carbocycles. The van der Waals surface area contributed by atoms with Crippen LogP contribution in [-0.4, -0.2) is 24.1 Å². The molecule has 1 unspecified atom stereocenters. The van der Waals surface area contributed by atoms with Crippen LogP contribution < -0.4 is 0 Å². The van der Waals surface area contributed by atoms with Crippen molar-refractivity contribution in [3.63, 3.8) is 0 Å². The maximum Gasteiger partial charge on any atom is 0.306 e. The van der Waals surface area contributed by atoms with Crippen LogP contribution in [0.15, 0.2) is 11.6 Å². The lowest BCUT2D eigenvalue weighted by Gasteiger charge is -2.07. The number of allylic oxidation sites excluding steroid dienone is 1. The van der Waals surface area contributed by atoms with E-state index in [4.69, 9.17) is 0 Å². The van der Waals surface area contributed by atoms with E-state index in [9.17, 15) is 4.79 Å². The Morgan fingerprint density at radius 1 is 1.54 bits per heavy atom. The maximum atomic E-state index is 10.9. The Hall–Kier alpha value is -0.440. The number of carbonyl (C=O) groups excluding carboxylic acids is 1. The minimum Gasteiger partial charge on any atom is -0.469 e. The molecule has 0 N–H and O–H groups in total. The smallest absolute Gasteiger partial charge is 0.306 e. The van der Waals surface area contributed by atoms with Gasteiger partial charge in [0.25, 0.3) is 0 Å². The molecule has 0 aliphatic heterocycles. The average molecular weight is 202 g/mol. The Kier molecular flexibility index (Phi) is 6.77. The molecule has 0 amide bonds. The number of methoxy groups -OCH3 is 1. The van der Waals surface area contributed by atoms with Crippen molar-refractivity contribution in [3.05, 3.63) is 11.6 Å². The maximum absolute atomic E-state index is 10.9. The molecule has 76 valence electrons. The lowest BCUT2D eigenvalue weighted by atomic mass is 10.3. The number of hydrogen-bond donors (Lipinski definition) is 0. The van der Waals surface area contributed by atoms with Crippen LogP contribution in [0.3, 0.4) is 0 Å². The van der Waals surface area contributed by atoms with Gasteiger partial charge in [-0.1, -0.05) is 18.6 Å². The molecule has 13 heavy (non-hydrogen) atoms. The lowest BCUT2D eigenvalue weighted by Crippen LogP contribution is -2.08. The summed E-state index contributed by atoms with van der Waals surface area (Å²) in [5, 5.41) is 0.336. The fourth-order valence-corrected chi connectivity index (χ4v) is 1.77. The van der Waals surface area contributed by atoms with Gasteiger partial charge < -0.3 is 4.74 Å². The summed E-state index contributed by atoms with van der Waals surface area (Å²) in [6.45, 7) is 6.19. The summed E-state index contributed by atoms with van der Waals surface area (Å²) in [4.78, 5) is 10.9. The molecule has 0 rings (SSSR count). The van der Waals surface area contributed by atoms with Gasteiger partial charge in [0.15, 0.2) is 0 Å². The van der Waals surface area contributed by atoms with Crippen LogP contribution in [0.4, 0.5) is 0 Å². The van der Waals surface area contributed by atoms with Gasteiger partial charge in [0.05, 0.1) is 13.5 Å². The van der Waals surface area contributed by atoms with Gasteiger partial charge in [-0.2, -0.15) is 11.8 Å². The molecule has 0 saturated heterocycles. The number of hydrogen-bond acceptors (Lipinski definition) is 3. The van der Waals surface area contributed by atoms with Crippen molar-refractivity contribution in [2.24, 2.45) is 0 Å². The molecule has 0 bridgehead atoms. The standard InChI is InChI=1S/C10H18O2S/c1-8(2)5-6-13-9(3)7-10(11)12-4/h5,9H,6-7H2,1-4H3. The third kappa shape index (κ3) is 7.91. The fourth-order valence-electron chi connectivity index (χ4n) is 0.756. The number of esters is 1. The zero-order valence-corrected chi connectivity index (χ0v) is 9.61. The molecule has 1 atom stereocenters. The van der Waals surface area contributed by atoms with Crippen molar-refractivity contribution < 1.29 is 9.53 Å². The van der Waals surface area contributed by atoms with Gasteiger partial charge in [0, 0.05) is 11.0 Å². The highest BCUT2D eigenvalue weighted by atomic mass is 32.2. The molecule has 0 aromatic carbocycles. The summed E-state index contributed by atoms with van der Waals surface area (Å²) in [7, 11) is 1.43. The second-order valence-electron chi connectivity index (χ2n) is 3.21. The summed E-state index contributed by atoms with van der Waals surface area (Å²) in [6.07, 6.45) is 2.66. The summed E-state index contributed by atoms with van der Waals surface area (Å²) in [5.41, 5.74) is 1.32. The zero-order valence-electron chi connectivity index (χ0n) is 8.79. The summed E-state index contributed by atoms with van der Waals surface area (Å²) in [6, 6.07) is 0. The Bertz CT molecular complexity index is 183. The summed E-state index contributed by atoms with van der Waals surface area (Å²) in [5.74, 6) is 0.845. The third-order valence-electron chi connectivity index (χ3n) is 1.55. The molecule has 0 heterocycles. The topological polar surface area (TPSA) is 26.3 Å². The van der Waals surface area contributed by atoms with E-state index in [-0.39, 0.29) is 5.97 Å². The quantitative estimate of drug-likeness (QED) is 0.506. The predicted molar refractivity (Wildman–Crippen MR) is 58.0 cm³/mol. The second kappa shape index (κ2) is 7.01. The van der Waals surface area contributed by atoms with Gasteiger partial charge in [0.1, 0.15) is 0 Å². The van der Waals surface area contributed by atoms with E-state index in [0.29, 0.717) is 11.7 Å².